The molecule has 1 unspecified atom stereocenters. The number of likely N-dealkylation sites (tertiary alicyclic amines) is 1. The highest BCUT2D eigenvalue weighted by atomic mass is 16.2. The second-order valence-electron chi connectivity index (χ2n) is 4.24. The molecule has 2 amide bonds. The molecule has 1 heterocycles. The summed E-state index contributed by atoms with van der Waals surface area (Å²) in [5, 5.41) is 2.85. The summed E-state index contributed by atoms with van der Waals surface area (Å²) in [6.45, 7) is 3.03. The van der Waals surface area contributed by atoms with Crippen LogP contribution in [0.3, 0.4) is 0 Å². The molecule has 4 nitrogen and oxygen atoms in total. The van der Waals surface area contributed by atoms with Crippen molar-refractivity contribution in [2.75, 3.05) is 13.1 Å². The lowest BCUT2D eigenvalue weighted by molar-refractivity contribution is -0.131. The number of hydrogen-bond acceptors (Lipinski definition) is 2. The molecule has 0 radical (unpaired) electrons. The maximum Gasteiger partial charge on any atom is 0.225 e. The van der Waals surface area contributed by atoms with Crippen molar-refractivity contribution in [3.05, 3.63) is 0 Å². The van der Waals surface area contributed by atoms with Crippen LogP contribution in [0, 0.1) is 5.92 Å². The van der Waals surface area contributed by atoms with Crippen LogP contribution in [0.4, 0.5) is 0 Å². The Morgan fingerprint density at radius 2 is 2.00 bits per heavy atom. The van der Waals surface area contributed by atoms with Crippen LogP contribution in [0.1, 0.15) is 26.2 Å². The number of carbonyl (C=O) groups excluding carboxylic acids is 2. The first-order valence-corrected chi connectivity index (χ1v) is 5.22. The average molecular weight is 196 g/mol. The van der Waals surface area contributed by atoms with Gasteiger partial charge in [-0.2, -0.15) is 0 Å². The van der Waals surface area contributed by atoms with Gasteiger partial charge < -0.3 is 10.2 Å². The summed E-state index contributed by atoms with van der Waals surface area (Å²) < 4.78 is 0. The zero-order valence-corrected chi connectivity index (χ0v) is 8.45. The van der Waals surface area contributed by atoms with Gasteiger partial charge in [0.1, 0.15) is 0 Å². The van der Waals surface area contributed by atoms with Gasteiger partial charge in [-0.3, -0.25) is 9.59 Å². The Labute approximate surface area is 83.6 Å². The minimum Gasteiger partial charge on any atom is -0.352 e. The van der Waals surface area contributed by atoms with Crippen LogP contribution in [0.25, 0.3) is 0 Å². The fourth-order valence-corrected chi connectivity index (χ4v) is 1.95. The van der Waals surface area contributed by atoms with Crippen molar-refractivity contribution < 1.29 is 9.59 Å². The van der Waals surface area contributed by atoms with Gasteiger partial charge in [-0.1, -0.05) is 0 Å². The smallest absolute Gasteiger partial charge is 0.225 e. The number of carbonyl (C=O) groups is 2. The van der Waals surface area contributed by atoms with Gasteiger partial charge in [-0.05, 0) is 19.3 Å². The molecular formula is C10H16N2O2. The predicted molar refractivity (Wildman–Crippen MR) is 51.5 cm³/mol. The lowest BCUT2D eigenvalue weighted by atomic mass is 10.2. The molecule has 1 aliphatic carbocycles. The van der Waals surface area contributed by atoms with E-state index in [2.05, 4.69) is 5.32 Å². The van der Waals surface area contributed by atoms with Crippen molar-refractivity contribution in [3.8, 4) is 0 Å². The standard InChI is InChI=1S/C10H16N2O2/c1-7(13)11-9-4-5-12(6-9)10(14)8-2-3-8/h8-9H,2-6H2,1H3,(H,11,13). The van der Waals surface area contributed by atoms with E-state index in [4.69, 9.17) is 0 Å². The van der Waals surface area contributed by atoms with Crippen molar-refractivity contribution in [1.82, 2.24) is 10.2 Å². The van der Waals surface area contributed by atoms with E-state index in [0.29, 0.717) is 12.5 Å². The van der Waals surface area contributed by atoms with E-state index < -0.39 is 0 Å². The third-order valence-electron chi connectivity index (χ3n) is 2.83. The lowest BCUT2D eigenvalue weighted by Crippen LogP contribution is -2.37. The van der Waals surface area contributed by atoms with Crippen molar-refractivity contribution in [2.45, 2.75) is 32.2 Å². The number of nitrogens with one attached hydrogen (secondary N) is 1. The second-order valence-corrected chi connectivity index (χ2v) is 4.24. The summed E-state index contributed by atoms with van der Waals surface area (Å²) in [5.74, 6) is 0.583. The molecule has 0 spiro atoms. The third kappa shape index (κ3) is 2.05. The molecule has 0 aromatic rings. The van der Waals surface area contributed by atoms with E-state index in [9.17, 15) is 9.59 Å². The summed E-state index contributed by atoms with van der Waals surface area (Å²) in [5.41, 5.74) is 0. The van der Waals surface area contributed by atoms with E-state index in [1.807, 2.05) is 4.90 Å². The fourth-order valence-electron chi connectivity index (χ4n) is 1.95. The molecule has 2 aliphatic rings. The highest BCUT2D eigenvalue weighted by Crippen LogP contribution is 2.32. The second kappa shape index (κ2) is 3.59. The van der Waals surface area contributed by atoms with E-state index in [1.54, 1.807) is 0 Å². The van der Waals surface area contributed by atoms with Crippen LogP contribution in [0.15, 0.2) is 0 Å². The maximum absolute atomic E-state index is 11.7. The van der Waals surface area contributed by atoms with Crippen LogP contribution in [0.5, 0.6) is 0 Å². The average Bonchev–Trinajstić information content (AvgIpc) is 2.86. The van der Waals surface area contributed by atoms with Gasteiger partial charge in [0.15, 0.2) is 0 Å². The van der Waals surface area contributed by atoms with Gasteiger partial charge in [0.05, 0.1) is 0 Å². The number of hydrogen-bond donors (Lipinski definition) is 1. The molecule has 1 aliphatic heterocycles. The zero-order valence-electron chi connectivity index (χ0n) is 8.45. The van der Waals surface area contributed by atoms with Crippen LogP contribution in [-0.2, 0) is 9.59 Å². The van der Waals surface area contributed by atoms with Gasteiger partial charge in [0.25, 0.3) is 0 Å². The highest BCUT2D eigenvalue weighted by Gasteiger charge is 2.36. The molecule has 2 fully saturated rings. The van der Waals surface area contributed by atoms with Gasteiger partial charge in [-0.15, -0.1) is 0 Å². The summed E-state index contributed by atoms with van der Waals surface area (Å²) in [4.78, 5) is 24.3. The largest absolute Gasteiger partial charge is 0.352 e. The fraction of sp³-hybridized carbons (Fsp3) is 0.800. The number of amides is 2. The molecule has 4 heteroatoms. The molecule has 1 N–H and O–H groups in total. The highest BCUT2D eigenvalue weighted by molar-refractivity contribution is 5.81. The van der Waals surface area contributed by atoms with E-state index in [1.165, 1.54) is 6.92 Å². The first kappa shape index (κ1) is 9.49. The normalized spacial score (nSPS) is 26.4. The molecular weight excluding hydrogens is 180 g/mol. The predicted octanol–water partition coefficient (Wildman–Crippen LogP) is 0.133. The van der Waals surface area contributed by atoms with Gasteiger partial charge in [-0.25, -0.2) is 0 Å². The molecule has 1 saturated heterocycles. The molecule has 78 valence electrons. The molecule has 14 heavy (non-hydrogen) atoms. The number of nitrogens with zero attached hydrogens (tertiary/aromatic N) is 1. The Hall–Kier alpha value is -1.06. The van der Waals surface area contributed by atoms with E-state index >= 15 is 0 Å². The monoisotopic (exact) mass is 196 g/mol. The first-order chi connectivity index (χ1) is 6.66. The molecule has 0 aromatic carbocycles. The summed E-state index contributed by atoms with van der Waals surface area (Å²) in [6.07, 6.45) is 3.01. The van der Waals surface area contributed by atoms with Crippen molar-refractivity contribution in [1.29, 1.82) is 0 Å². The maximum atomic E-state index is 11.7. The van der Waals surface area contributed by atoms with Crippen LogP contribution in [0.2, 0.25) is 0 Å². The van der Waals surface area contributed by atoms with E-state index in [0.717, 1.165) is 25.8 Å². The van der Waals surface area contributed by atoms with Gasteiger partial charge in [0, 0.05) is 32.0 Å². The summed E-state index contributed by atoms with van der Waals surface area (Å²) in [6, 6.07) is 0.176. The molecule has 0 aromatic heterocycles. The third-order valence-corrected chi connectivity index (χ3v) is 2.83. The van der Waals surface area contributed by atoms with Crippen LogP contribution in [-0.4, -0.2) is 35.8 Å². The van der Waals surface area contributed by atoms with Gasteiger partial charge >= 0.3 is 0 Å². The minimum absolute atomic E-state index is 0.00396. The Morgan fingerprint density at radius 1 is 1.29 bits per heavy atom. The van der Waals surface area contributed by atoms with Crippen LogP contribution >= 0.6 is 0 Å². The first-order valence-electron chi connectivity index (χ1n) is 5.22. The van der Waals surface area contributed by atoms with Crippen molar-refractivity contribution in [3.63, 3.8) is 0 Å². The molecule has 1 saturated carbocycles. The van der Waals surface area contributed by atoms with Crippen molar-refractivity contribution in [2.24, 2.45) is 5.92 Å². The molecule has 2 rings (SSSR count). The topological polar surface area (TPSA) is 49.4 Å². The quantitative estimate of drug-likeness (QED) is 0.682. The Kier molecular flexibility index (Phi) is 2.44. The van der Waals surface area contributed by atoms with E-state index in [-0.39, 0.29) is 17.9 Å². The van der Waals surface area contributed by atoms with Crippen molar-refractivity contribution >= 4 is 11.8 Å². The molecule has 1 atom stereocenters. The Morgan fingerprint density at radius 3 is 2.57 bits per heavy atom. The Bertz CT molecular complexity index is 261. The van der Waals surface area contributed by atoms with Gasteiger partial charge in [0.2, 0.25) is 11.8 Å². The summed E-state index contributed by atoms with van der Waals surface area (Å²) >= 11 is 0. The minimum atomic E-state index is -0.00396. The SMILES string of the molecule is CC(=O)NC1CCN(C(=O)C2CC2)C1. The lowest BCUT2D eigenvalue weighted by Gasteiger charge is -2.16. The Balaban J connectivity index is 1.81. The number of rotatable bonds is 2. The zero-order chi connectivity index (χ0) is 10.1. The molecule has 0 bridgehead atoms. The summed E-state index contributed by atoms with van der Waals surface area (Å²) in [7, 11) is 0. The van der Waals surface area contributed by atoms with Crippen LogP contribution < -0.4 is 5.32 Å².